The van der Waals surface area contributed by atoms with Crippen LogP contribution >= 0.6 is 0 Å². The molecule has 1 aliphatic heterocycles. The van der Waals surface area contributed by atoms with Crippen molar-refractivity contribution in [2.24, 2.45) is 0 Å². The van der Waals surface area contributed by atoms with E-state index in [0.29, 0.717) is 6.04 Å². The van der Waals surface area contributed by atoms with Crippen molar-refractivity contribution in [1.82, 2.24) is 5.32 Å². The minimum atomic E-state index is 0.424. The molecule has 0 aliphatic carbocycles. The summed E-state index contributed by atoms with van der Waals surface area (Å²) < 4.78 is 0. The van der Waals surface area contributed by atoms with Gasteiger partial charge >= 0.3 is 0 Å². The van der Waals surface area contributed by atoms with Crippen LogP contribution in [0, 0.1) is 0 Å². The summed E-state index contributed by atoms with van der Waals surface area (Å²) in [6, 6.07) is 17.2. The van der Waals surface area contributed by atoms with Crippen LogP contribution in [0.2, 0.25) is 0 Å². The van der Waals surface area contributed by atoms with Gasteiger partial charge in [-0.25, -0.2) is 0 Å². The highest BCUT2D eigenvalue weighted by Gasteiger charge is 2.21. The molecule has 0 saturated heterocycles. The Morgan fingerprint density at radius 1 is 1.12 bits per heavy atom. The van der Waals surface area contributed by atoms with Crippen molar-refractivity contribution in [3.05, 3.63) is 65.2 Å². The van der Waals surface area contributed by atoms with Crippen molar-refractivity contribution < 1.29 is 0 Å². The summed E-state index contributed by atoms with van der Waals surface area (Å²) in [4.78, 5) is 0. The molecule has 2 nitrogen and oxygen atoms in total. The molecule has 3 rings (SSSR count). The largest absolute Gasteiger partial charge is 0.399 e. The third kappa shape index (κ3) is 2.04. The molecular formula is C15H16N2. The minimum absolute atomic E-state index is 0.424. The van der Waals surface area contributed by atoms with Crippen LogP contribution in [0.25, 0.3) is 0 Å². The Hall–Kier alpha value is -1.80. The predicted molar refractivity (Wildman–Crippen MR) is 70.6 cm³/mol. The van der Waals surface area contributed by atoms with Gasteiger partial charge in [0.2, 0.25) is 0 Å². The van der Waals surface area contributed by atoms with Crippen LogP contribution in [0.15, 0.2) is 48.5 Å². The third-order valence-corrected chi connectivity index (χ3v) is 3.36. The van der Waals surface area contributed by atoms with Gasteiger partial charge in [0, 0.05) is 18.3 Å². The van der Waals surface area contributed by atoms with Crippen LogP contribution in [-0.2, 0) is 13.0 Å². The highest BCUT2D eigenvalue weighted by Crippen LogP contribution is 2.29. The molecule has 86 valence electrons. The van der Waals surface area contributed by atoms with Crippen LogP contribution in [0.3, 0.4) is 0 Å². The lowest BCUT2D eigenvalue weighted by Crippen LogP contribution is -2.14. The zero-order chi connectivity index (χ0) is 11.7. The first-order valence-corrected chi connectivity index (χ1v) is 5.98. The van der Waals surface area contributed by atoms with Crippen molar-refractivity contribution in [3.8, 4) is 0 Å². The standard InChI is InChI=1S/C15H16N2/c16-13-6-7-14-12(9-13)10-17-15(14)8-11-4-2-1-3-5-11/h1-7,9,15,17H,8,10,16H2. The van der Waals surface area contributed by atoms with Crippen LogP contribution in [0.4, 0.5) is 5.69 Å². The number of benzene rings is 2. The fourth-order valence-corrected chi connectivity index (χ4v) is 2.49. The summed E-state index contributed by atoms with van der Waals surface area (Å²) in [5, 5.41) is 3.54. The fraction of sp³-hybridized carbons (Fsp3) is 0.200. The molecule has 1 atom stereocenters. The van der Waals surface area contributed by atoms with Crippen molar-refractivity contribution in [2.75, 3.05) is 5.73 Å². The van der Waals surface area contributed by atoms with E-state index in [9.17, 15) is 0 Å². The van der Waals surface area contributed by atoms with E-state index in [-0.39, 0.29) is 0 Å². The van der Waals surface area contributed by atoms with Crippen LogP contribution in [0.1, 0.15) is 22.7 Å². The molecule has 1 aliphatic rings. The van der Waals surface area contributed by atoms with Gasteiger partial charge in [-0.15, -0.1) is 0 Å². The molecule has 0 fully saturated rings. The fourth-order valence-electron chi connectivity index (χ4n) is 2.49. The van der Waals surface area contributed by atoms with Crippen molar-refractivity contribution in [3.63, 3.8) is 0 Å². The van der Waals surface area contributed by atoms with Crippen LogP contribution in [0.5, 0.6) is 0 Å². The number of fused-ring (bicyclic) bond motifs is 1. The molecule has 17 heavy (non-hydrogen) atoms. The first-order valence-electron chi connectivity index (χ1n) is 5.98. The highest BCUT2D eigenvalue weighted by atomic mass is 14.9. The lowest BCUT2D eigenvalue weighted by Gasteiger charge is -2.12. The summed E-state index contributed by atoms with van der Waals surface area (Å²) >= 11 is 0. The Labute approximate surface area is 101 Å². The zero-order valence-electron chi connectivity index (χ0n) is 9.69. The zero-order valence-corrected chi connectivity index (χ0v) is 9.69. The molecule has 3 N–H and O–H groups in total. The average Bonchev–Trinajstić information content (AvgIpc) is 2.73. The van der Waals surface area contributed by atoms with E-state index in [4.69, 9.17) is 5.73 Å². The molecule has 0 aromatic heterocycles. The Morgan fingerprint density at radius 2 is 1.94 bits per heavy atom. The Balaban J connectivity index is 1.85. The van der Waals surface area contributed by atoms with E-state index in [0.717, 1.165) is 18.7 Å². The second kappa shape index (κ2) is 4.22. The lowest BCUT2D eigenvalue weighted by molar-refractivity contribution is 0.581. The maximum absolute atomic E-state index is 5.80. The van der Waals surface area contributed by atoms with Gasteiger partial charge in [0.15, 0.2) is 0 Å². The molecule has 0 amide bonds. The van der Waals surface area contributed by atoms with Crippen molar-refractivity contribution in [1.29, 1.82) is 0 Å². The van der Waals surface area contributed by atoms with Gasteiger partial charge in [0.05, 0.1) is 0 Å². The van der Waals surface area contributed by atoms with Gasteiger partial charge in [0.25, 0.3) is 0 Å². The monoisotopic (exact) mass is 224 g/mol. The summed E-state index contributed by atoms with van der Waals surface area (Å²) in [7, 11) is 0. The molecule has 0 saturated carbocycles. The van der Waals surface area contributed by atoms with Gasteiger partial charge in [-0.2, -0.15) is 0 Å². The lowest BCUT2D eigenvalue weighted by atomic mass is 9.98. The minimum Gasteiger partial charge on any atom is -0.399 e. The first-order chi connectivity index (χ1) is 8.33. The van der Waals surface area contributed by atoms with Gasteiger partial charge in [-0.3, -0.25) is 0 Å². The molecular weight excluding hydrogens is 208 g/mol. The molecule has 0 bridgehead atoms. The normalized spacial score (nSPS) is 18.0. The molecule has 2 aromatic rings. The van der Waals surface area contributed by atoms with E-state index in [1.807, 2.05) is 6.07 Å². The van der Waals surface area contributed by atoms with E-state index in [1.54, 1.807) is 0 Å². The smallest absolute Gasteiger partial charge is 0.0367 e. The molecule has 0 spiro atoms. The van der Waals surface area contributed by atoms with Gasteiger partial charge in [-0.05, 0) is 35.2 Å². The number of nitrogens with two attached hydrogens (primary N) is 1. The summed E-state index contributed by atoms with van der Waals surface area (Å²) in [6.07, 6.45) is 1.04. The molecule has 2 aromatic carbocycles. The average molecular weight is 224 g/mol. The van der Waals surface area contributed by atoms with Gasteiger partial charge < -0.3 is 11.1 Å². The number of nitrogens with one attached hydrogen (secondary N) is 1. The quantitative estimate of drug-likeness (QED) is 0.770. The number of hydrogen-bond acceptors (Lipinski definition) is 2. The summed E-state index contributed by atoms with van der Waals surface area (Å²) in [6.45, 7) is 0.928. The van der Waals surface area contributed by atoms with E-state index in [2.05, 4.69) is 47.8 Å². The third-order valence-electron chi connectivity index (χ3n) is 3.36. The first kappa shape index (κ1) is 10.4. The maximum atomic E-state index is 5.80. The summed E-state index contributed by atoms with van der Waals surface area (Å²) in [5.74, 6) is 0. The van der Waals surface area contributed by atoms with Crippen LogP contribution in [-0.4, -0.2) is 0 Å². The second-order valence-electron chi connectivity index (χ2n) is 4.58. The van der Waals surface area contributed by atoms with Gasteiger partial charge in [-0.1, -0.05) is 36.4 Å². The van der Waals surface area contributed by atoms with Crippen molar-refractivity contribution in [2.45, 2.75) is 19.0 Å². The number of anilines is 1. The van der Waals surface area contributed by atoms with E-state index < -0.39 is 0 Å². The van der Waals surface area contributed by atoms with E-state index >= 15 is 0 Å². The van der Waals surface area contributed by atoms with Crippen molar-refractivity contribution >= 4 is 5.69 Å². The highest BCUT2D eigenvalue weighted by molar-refractivity contribution is 5.47. The number of nitrogen functional groups attached to an aromatic ring is 1. The SMILES string of the molecule is Nc1ccc2c(c1)CNC2Cc1ccccc1. The van der Waals surface area contributed by atoms with E-state index in [1.165, 1.54) is 16.7 Å². The number of hydrogen-bond donors (Lipinski definition) is 2. The maximum Gasteiger partial charge on any atom is 0.0367 e. The van der Waals surface area contributed by atoms with Crippen LogP contribution < -0.4 is 11.1 Å². The Morgan fingerprint density at radius 3 is 2.76 bits per heavy atom. The summed E-state index contributed by atoms with van der Waals surface area (Å²) in [5.41, 5.74) is 10.8. The van der Waals surface area contributed by atoms with Gasteiger partial charge in [0.1, 0.15) is 0 Å². The molecule has 0 radical (unpaired) electrons. The Kier molecular flexibility index (Phi) is 2.57. The predicted octanol–water partition coefficient (Wildman–Crippen LogP) is 2.66. The molecule has 2 heteroatoms. The Bertz CT molecular complexity index is 520. The number of rotatable bonds is 2. The topological polar surface area (TPSA) is 38.0 Å². The molecule has 1 unspecified atom stereocenters. The molecule has 1 heterocycles. The second-order valence-corrected chi connectivity index (χ2v) is 4.58.